The maximum atomic E-state index is 12.1. The summed E-state index contributed by atoms with van der Waals surface area (Å²) >= 11 is 0. The van der Waals surface area contributed by atoms with Crippen molar-refractivity contribution in [2.75, 3.05) is 6.61 Å². The second kappa shape index (κ2) is 7.59. The molecule has 0 fully saturated rings. The third kappa shape index (κ3) is 3.54. The first-order valence-corrected chi connectivity index (χ1v) is 8.08. The molecule has 0 radical (unpaired) electrons. The number of nitrogens with zero attached hydrogens (tertiary/aromatic N) is 1. The minimum Gasteiger partial charge on any atom is -0.493 e. The average Bonchev–Trinajstić information content (AvgIpc) is 2.98. The third-order valence-corrected chi connectivity index (χ3v) is 3.72. The lowest BCUT2D eigenvalue weighted by atomic mass is 10.0. The number of hydrogen-bond donors (Lipinski definition) is 0. The molecule has 1 heterocycles. The van der Waals surface area contributed by atoms with Gasteiger partial charge in [-0.1, -0.05) is 67.0 Å². The number of ether oxygens (including phenoxy) is 1. The summed E-state index contributed by atoms with van der Waals surface area (Å²) in [5.41, 5.74) is 2.67. The van der Waals surface area contributed by atoms with E-state index in [1.807, 2.05) is 54.6 Å². The SMILES string of the molecule is CCCCOc1ccccc1/C=C1/C(=O)ON=C1c1ccccc1. The normalized spacial score (nSPS) is 15.3. The molecule has 4 nitrogen and oxygen atoms in total. The first kappa shape index (κ1) is 16.0. The summed E-state index contributed by atoms with van der Waals surface area (Å²) in [4.78, 5) is 17.0. The highest BCUT2D eigenvalue weighted by Crippen LogP contribution is 2.25. The van der Waals surface area contributed by atoms with Crippen LogP contribution in [0.15, 0.2) is 65.3 Å². The minimum atomic E-state index is -0.447. The van der Waals surface area contributed by atoms with Crippen molar-refractivity contribution in [2.45, 2.75) is 19.8 Å². The highest BCUT2D eigenvalue weighted by molar-refractivity contribution is 6.31. The molecule has 0 aliphatic carbocycles. The number of rotatable bonds is 6. The number of carbonyl (C=O) groups is 1. The van der Waals surface area contributed by atoms with Crippen LogP contribution in [-0.4, -0.2) is 18.3 Å². The van der Waals surface area contributed by atoms with Crippen LogP contribution >= 0.6 is 0 Å². The van der Waals surface area contributed by atoms with E-state index in [1.165, 1.54) is 0 Å². The molecule has 4 heteroatoms. The average molecular weight is 321 g/mol. The van der Waals surface area contributed by atoms with Crippen LogP contribution in [0.1, 0.15) is 30.9 Å². The molecule has 122 valence electrons. The fourth-order valence-corrected chi connectivity index (χ4v) is 2.43. The van der Waals surface area contributed by atoms with Gasteiger partial charge in [-0.05, 0) is 18.6 Å². The molecule has 0 aromatic heterocycles. The van der Waals surface area contributed by atoms with Crippen LogP contribution in [0.2, 0.25) is 0 Å². The summed E-state index contributed by atoms with van der Waals surface area (Å²) in [6, 6.07) is 17.2. The molecular weight excluding hydrogens is 302 g/mol. The minimum absolute atomic E-state index is 0.438. The van der Waals surface area contributed by atoms with Crippen molar-refractivity contribution in [1.82, 2.24) is 0 Å². The van der Waals surface area contributed by atoms with Gasteiger partial charge in [-0.15, -0.1) is 0 Å². The van der Waals surface area contributed by atoms with Crippen molar-refractivity contribution >= 4 is 17.8 Å². The van der Waals surface area contributed by atoms with Gasteiger partial charge in [0.2, 0.25) is 0 Å². The molecule has 3 rings (SSSR count). The smallest absolute Gasteiger partial charge is 0.368 e. The van der Waals surface area contributed by atoms with Gasteiger partial charge in [0, 0.05) is 11.1 Å². The molecule has 0 N–H and O–H groups in total. The Morgan fingerprint density at radius 3 is 2.62 bits per heavy atom. The summed E-state index contributed by atoms with van der Waals surface area (Å²) < 4.78 is 5.83. The van der Waals surface area contributed by atoms with Crippen LogP contribution in [0.4, 0.5) is 0 Å². The van der Waals surface area contributed by atoms with Crippen molar-refractivity contribution in [3.63, 3.8) is 0 Å². The molecule has 24 heavy (non-hydrogen) atoms. The van der Waals surface area contributed by atoms with Crippen LogP contribution in [0.5, 0.6) is 5.75 Å². The zero-order valence-electron chi connectivity index (χ0n) is 13.6. The molecule has 2 aromatic rings. The molecule has 0 unspecified atom stereocenters. The number of unbranched alkanes of at least 4 members (excludes halogenated alkanes) is 1. The zero-order chi connectivity index (χ0) is 16.8. The molecule has 0 amide bonds. The van der Waals surface area contributed by atoms with Gasteiger partial charge in [-0.2, -0.15) is 0 Å². The maximum absolute atomic E-state index is 12.1. The van der Waals surface area contributed by atoms with Gasteiger partial charge in [0.1, 0.15) is 11.5 Å². The Morgan fingerprint density at radius 1 is 1.08 bits per heavy atom. The largest absolute Gasteiger partial charge is 0.493 e. The van der Waals surface area contributed by atoms with Crippen LogP contribution in [0.25, 0.3) is 6.08 Å². The highest BCUT2D eigenvalue weighted by Gasteiger charge is 2.27. The Hall–Kier alpha value is -2.88. The van der Waals surface area contributed by atoms with E-state index in [-0.39, 0.29) is 0 Å². The standard InChI is InChI=1S/C20H19NO3/c1-2-3-13-23-18-12-8-7-11-16(18)14-17-19(21-24-20(17)22)15-9-5-4-6-10-15/h4-12,14H,2-3,13H2,1H3/b17-14+. The van der Waals surface area contributed by atoms with Gasteiger partial charge in [0.15, 0.2) is 0 Å². The number of hydrogen-bond acceptors (Lipinski definition) is 4. The summed E-state index contributed by atoms with van der Waals surface area (Å²) in [6.07, 6.45) is 3.84. The Morgan fingerprint density at radius 2 is 1.83 bits per heavy atom. The van der Waals surface area contributed by atoms with Crippen molar-refractivity contribution in [1.29, 1.82) is 0 Å². The van der Waals surface area contributed by atoms with Crippen molar-refractivity contribution in [3.05, 3.63) is 71.3 Å². The quantitative estimate of drug-likeness (QED) is 0.455. The Bertz CT molecular complexity index is 778. The molecule has 2 aromatic carbocycles. The Balaban J connectivity index is 1.92. The predicted octanol–water partition coefficient (Wildman–Crippen LogP) is 4.21. The first-order valence-electron chi connectivity index (χ1n) is 8.08. The van der Waals surface area contributed by atoms with Gasteiger partial charge < -0.3 is 9.57 Å². The fraction of sp³-hybridized carbons (Fsp3) is 0.200. The second-order valence-corrected chi connectivity index (χ2v) is 5.48. The molecule has 0 bridgehead atoms. The lowest BCUT2D eigenvalue weighted by Gasteiger charge is -2.09. The van der Waals surface area contributed by atoms with E-state index in [9.17, 15) is 4.79 Å². The number of oxime groups is 1. The summed E-state index contributed by atoms with van der Waals surface area (Å²) in [6.45, 7) is 2.77. The summed E-state index contributed by atoms with van der Waals surface area (Å²) in [7, 11) is 0. The highest BCUT2D eigenvalue weighted by atomic mass is 16.7. The molecule has 0 atom stereocenters. The van der Waals surface area contributed by atoms with E-state index >= 15 is 0 Å². The van der Waals surface area contributed by atoms with Crippen LogP contribution in [0, 0.1) is 0 Å². The predicted molar refractivity (Wildman–Crippen MR) is 93.9 cm³/mol. The molecule has 0 saturated heterocycles. The zero-order valence-corrected chi connectivity index (χ0v) is 13.6. The monoisotopic (exact) mass is 321 g/mol. The van der Waals surface area contributed by atoms with Gasteiger partial charge in [0.25, 0.3) is 0 Å². The van der Waals surface area contributed by atoms with Crippen molar-refractivity contribution in [3.8, 4) is 5.75 Å². The lowest BCUT2D eigenvalue weighted by molar-refractivity contribution is -0.136. The Kier molecular flexibility index (Phi) is 5.06. The maximum Gasteiger partial charge on any atom is 0.368 e. The van der Waals surface area contributed by atoms with E-state index in [0.717, 1.165) is 29.7 Å². The van der Waals surface area contributed by atoms with Gasteiger partial charge >= 0.3 is 5.97 Å². The lowest BCUT2D eigenvalue weighted by Crippen LogP contribution is -2.07. The molecule has 0 spiro atoms. The fourth-order valence-electron chi connectivity index (χ4n) is 2.43. The molecule has 1 aliphatic rings. The van der Waals surface area contributed by atoms with Gasteiger partial charge in [-0.3, -0.25) is 0 Å². The number of para-hydroxylation sites is 1. The van der Waals surface area contributed by atoms with E-state index in [1.54, 1.807) is 6.08 Å². The van der Waals surface area contributed by atoms with Crippen molar-refractivity contribution < 1.29 is 14.4 Å². The Labute approximate surface area is 141 Å². The molecular formula is C20H19NO3. The van der Waals surface area contributed by atoms with E-state index < -0.39 is 5.97 Å². The van der Waals surface area contributed by atoms with Crippen LogP contribution in [0.3, 0.4) is 0 Å². The van der Waals surface area contributed by atoms with E-state index in [0.29, 0.717) is 17.9 Å². The van der Waals surface area contributed by atoms with Gasteiger partial charge in [0.05, 0.1) is 12.2 Å². The third-order valence-electron chi connectivity index (χ3n) is 3.72. The van der Waals surface area contributed by atoms with E-state index in [2.05, 4.69) is 12.1 Å². The number of carbonyl (C=O) groups excluding carboxylic acids is 1. The van der Waals surface area contributed by atoms with Gasteiger partial charge in [-0.25, -0.2) is 4.79 Å². The van der Waals surface area contributed by atoms with Crippen LogP contribution < -0.4 is 4.74 Å². The van der Waals surface area contributed by atoms with Crippen molar-refractivity contribution in [2.24, 2.45) is 5.16 Å². The first-order chi connectivity index (χ1) is 11.8. The summed E-state index contributed by atoms with van der Waals surface area (Å²) in [5.74, 6) is 0.308. The molecule has 1 aliphatic heterocycles. The number of benzene rings is 2. The second-order valence-electron chi connectivity index (χ2n) is 5.48. The summed E-state index contributed by atoms with van der Waals surface area (Å²) in [5, 5.41) is 3.93. The van der Waals surface area contributed by atoms with Crippen LogP contribution in [-0.2, 0) is 9.63 Å². The topological polar surface area (TPSA) is 47.9 Å². The van der Waals surface area contributed by atoms with E-state index in [4.69, 9.17) is 9.57 Å². The molecule has 0 saturated carbocycles.